The second-order valence-electron chi connectivity index (χ2n) is 5.19. The van der Waals surface area contributed by atoms with E-state index in [0.29, 0.717) is 40.1 Å². The molecule has 0 atom stereocenters. The summed E-state index contributed by atoms with van der Waals surface area (Å²) in [5.74, 6) is 0.597. The van der Waals surface area contributed by atoms with Crippen molar-refractivity contribution < 1.29 is 9.90 Å². The second-order valence-corrected chi connectivity index (χ2v) is 6.00. The van der Waals surface area contributed by atoms with Crippen LogP contribution in [0.5, 0.6) is 5.75 Å². The number of aromatic hydroxyl groups is 1. The molecule has 2 amide bonds. The molecule has 26 heavy (non-hydrogen) atoms. The van der Waals surface area contributed by atoms with Gasteiger partial charge in [0.25, 0.3) is 0 Å². The lowest BCUT2D eigenvalue weighted by molar-refractivity contribution is 0.252. The number of urea groups is 1. The molecule has 0 saturated heterocycles. The number of rotatable bonds is 4. The number of nitrogens with zero attached hydrogens (tertiary/aromatic N) is 3. The first-order valence-corrected chi connectivity index (χ1v) is 8.35. The lowest BCUT2D eigenvalue weighted by Crippen LogP contribution is -2.28. The number of hydrogen-bond donors (Lipinski definition) is 4. The average molecular weight is 393 g/mol. The largest absolute Gasteiger partial charge is 0.506 e. The van der Waals surface area contributed by atoms with Gasteiger partial charge in [-0.2, -0.15) is 0 Å². The summed E-state index contributed by atoms with van der Waals surface area (Å²) in [6.45, 7) is 2.32. The van der Waals surface area contributed by atoms with Gasteiger partial charge < -0.3 is 15.7 Å². The van der Waals surface area contributed by atoms with Gasteiger partial charge in [-0.3, -0.25) is 5.32 Å². The first-order chi connectivity index (χ1) is 12.5. The SMILES string of the molecule is CCNC(=O)Nc1ccc2ncc(Nc3cc(O)c(Cl)cc3Cl)nc2n1. The van der Waals surface area contributed by atoms with Crippen LogP contribution < -0.4 is 16.0 Å². The summed E-state index contributed by atoms with van der Waals surface area (Å²) in [5.41, 5.74) is 1.31. The molecule has 4 N–H and O–H groups in total. The van der Waals surface area contributed by atoms with Crippen molar-refractivity contribution in [3.05, 3.63) is 40.5 Å². The maximum atomic E-state index is 11.6. The van der Waals surface area contributed by atoms with Gasteiger partial charge in [0.2, 0.25) is 0 Å². The number of fused-ring (bicyclic) bond motifs is 1. The first kappa shape index (κ1) is 18.0. The summed E-state index contributed by atoms with van der Waals surface area (Å²) in [6.07, 6.45) is 1.50. The number of carbonyl (C=O) groups excluding carboxylic acids is 1. The summed E-state index contributed by atoms with van der Waals surface area (Å²) in [4.78, 5) is 24.5. The van der Waals surface area contributed by atoms with Crippen molar-refractivity contribution in [2.45, 2.75) is 6.92 Å². The van der Waals surface area contributed by atoms with E-state index in [0.717, 1.165) is 0 Å². The third-order valence-electron chi connectivity index (χ3n) is 3.28. The Morgan fingerprint density at radius 3 is 2.69 bits per heavy atom. The Kier molecular flexibility index (Phi) is 5.24. The maximum Gasteiger partial charge on any atom is 0.320 e. The fraction of sp³-hybridized carbons (Fsp3) is 0.125. The van der Waals surface area contributed by atoms with Crippen LogP contribution in [0.2, 0.25) is 10.0 Å². The number of hydrogen-bond acceptors (Lipinski definition) is 6. The lowest BCUT2D eigenvalue weighted by Gasteiger charge is -2.10. The molecule has 0 radical (unpaired) electrons. The molecule has 134 valence electrons. The predicted octanol–water partition coefficient (Wildman–Crippen LogP) is 3.92. The number of amides is 2. The smallest absolute Gasteiger partial charge is 0.320 e. The van der Waals surface area contributed by atoms with E-state index in [2.05, 4.69) is 30.9 Å². The fourth-order valence-electron chi connectivity index (χ4n) is 2.12. The summed E-state index contributed by atoms with van der Waals surface area (Å²) in [5, 5.41) is 18.3. The van der Waals surface area contributed by atoms with Gasteiger partial charge in [0.05, 0.1) is 21.9 Å². The molecule has 0 fully saturated rings. The van der Waals surface area contributed by atoms with Crippen molar-refractivity contribution in [2.24, 2.45) is 0 Å². The van der Waals surface area contributed by atoms with Gasteiger partial charge in [0.1, 0.15) is 17.1 Å². The van der Waals surface area contributed by atoms with Crippen LogP contribution in [0, 0.1) is 0 Å². The van der Waals surface area contributed by atoms with Crippen LogP contribution in [0.4, 0.5) is 22.1 Å². The number of phenols is 1. The van der Waals surface area contributed by atoms with Gasteiger partial charge in [0, 0.05) is 12.6 Å². The van der Waals surface area contributed by atoms with E-state index >= 15 is 0 Å². The van der Waals surface area contributed by atoms with Crippen molar-refractivity contribution in [3.8, 4) is 5.75 Å². The Balaban J connectivity index is 1.88. The molecule has 0 aliphatic rings. The Morgan fingerprint density at radius 1 is 1.15 bits per heavy atom. The molecule has 10 heteroatoms. The summed E-state index contributed by atoms with van der Waals surface area (Å²) < 4.78 is 0. The Labute approximate surface area is 158 Å². The number of carbonyl (C=O) groups is 1. The average Bonchev–Trinajstić information content (AvgIpc) is 2.59. The van der Waals surface area contributed by atoms with Crippen LogP contribution in [-0.2, 0) is 0 Å². The number of pyridine rings is 1. The van der Waals surface area contributed by atoms with Gasteiger partial charge in [0.15, 0.2) is 11.5 Å². The lowest BCUT2D eigenvalue weighted by atomic mass is 10.3. The van der Waals surface area contributed by atoms with Crippen LogP contribution >= 0.6 is 23.2 Å². The number of nitrogens with one attached hydrogen (secondary N) is 3. The highest BCUT2D eigenvalue weighted by Crippen LogP contribution is 2.34. The Bertz CT molecular complexity index is 982. The minimum absolute atomic E-state index is 0.112. The highest BCUT2D eigenvalue weighted by Gasteiger charge is 2.09. The third kappa shape index (κ3) is 4.04. The fourth-order valence-corrected chi connectivity index (χ4v) is 2.55. The van der Waals surface area contributed by atoms with E-state index in [1.54, 1.807) is 12.1 Å². The van der Waals surface area contributed by atoms with Crippen LogP contribution in [0.25, 0.3) is 11.2 Å². The molecule has 3 rings (SSSR count). The quantitative estimate of drug-likeness (QED) is 0.535. The van der Waals surface area contributed by atoms with Crippen molar-refractivity contribution in [3.63, 3.8) is 0 Å². The van der Waals surface area contributed by atoms with Crippen molar-refractivity contribution in [1.82, 2.24) is 20.3 Å². The van der Waals surface area contributed by atoms with E-state index in [1.807, 2.05) is 6.92 Å². The van der Waals surface area contributed by atoms with Crippen molar-refractivity contribution in [2.75, 3.05) is 17.2 Å². The normalized spacial score (nSPS) is 10.6. The number of aromatic nitrogens is 3. The number of benzene rings is 1. The molecule has 3 aromatic rings. The standard InChI is InChI=1S/C16H14Cl2N6O2/c1-2-19-16(26)24-13-4-3-10-15(22-13)23-14(7-20-10)21-11-6-12(25)9(18)5-8(11)17/h3-7,25H,2H2,1H3,(H3,19,21,22,23,24,26). The van der Waals surface area contributed by atoms with Crippen molar-refractivity contribution >= 4 is 57.7 Å². The second kappa shape index (κ2) is 7.59. The summed E-state index contributed by atoms with van der Waals surface area (Å²) in [7, 11) is 0. The molecule has 0 aliphatic carbocycles. The number of phenolic OH excluding ortho intramolecular Hbond substituents is 1. The highest BCUT2D eigenvalue weighted by molar-refractivity contribution is 6.37. The van der Waals surface area contributed by atoms with Crippen LogP contribution in [0.1, 0.15) is 6.92 Å². The van der Waals surface area contributed by atoms with E-state index in [4.69, 9.17) is 23.2 Å². The van der Waals surface area contributed by atoms with E-state index in [1.165, 1.54) is 18.3 Å². The van der Waals surface area contributed by atoms with Gasteiger partial charge in [-0.25, -0.2) is 19.7 Å². The van der Waals surface area contributed by atoms with Crippen LogP contribution in [0.15, 0.2) is 30.5 Å². The Hall–Kier alpha value is -2.84. The number of halogens is 2. The zero-order valence-electron chi connectivity index (χ0n) is 13.5. The van der Waals surface area contributed by atoms with E-state index in [9.17, 15) is 9.90 Å². The summed E-state index contributed by atoms with van der Waals surface area (Å²) >= 11 is 11.9. The molecule has 0 spiro atoms. The van der Waals surface area contributed by atoms with Crippen LogP contribution in [-0.4, -0.2) is 32.6 Å². The molecule has 0 saturated carbocycles. The maximum absolute atomic E-state index is 11.6. The molecule has 0 aliphatic heterocycles. The van der Waals surface area contributed by atoms with E-state index < -0.39 is 0 Å². The molecule has 0 bridgehead atoms. The topological polar surface area (TPSA) is 112 Å². The van der Waals surface area contributed by atoms with Gasteiger partial charge in [-0.05, 0) is 25.1 Å². The zero-order chi connectivity index (χ0) is 18.7. The van der Waals surface area contributed by atoms with Gasteiger partial charge in [-0.1, -0.05) is 23.2 Å². The third-order valence-corrected chi connectivity index (χ3v) is 3.90. The van der Waals surface area contributed by atoms with Crippen LogP contribution in [0.3, 0.4) is 0 Å². The minimum Gasteiger partial charge on any atom is -0.506 e. The number of anilines is 3. The van der Waals surface area contributed by atoms with Gasteiger partial charge in [-0.15, -0.1) is 0 Å². The summed E-state index contributed by atoms with van der Waals surface area (Å²) in [6, 6.07) is 5.78. The molecule has 2 heterocycles. The predicted molar refractivity (Wildman–Crippen MR) is 101 cm³/mol. The van der Waals surface area contributed by atoms with E-state index in [-0.39, 0.29) is 16.8 Å². The molecule has 1 aromatic carbocycles. The van der Waals surface area contributed by atoms with Crippen molar-refractivity contribution in [1.29, 1.82) is 0 Å². The molecule has 0 unspecified atom stereocenters. The zero-order valence-corrected chi connectivity index (χ0v) is 15.1. The monoisotopic (exact) mass is 392 g/mol. The molecular weight excluding hydrogens is 379 g/mol. The van der Waals surface area contributed by atoms with Gasteiger partial charge >= 0.3 is 6.03 Å². The molecular formula is C16H14Cl2N6O2. The Morgan fingerprint density at radius 2 is 1.92 bits per heavy atom. The molecule has 8 nitrogen and oxygen atoms in total. The molecule has 2 aromatic heterocycles. The minimum atomic E-state index is -0.356. The highest BCUT2D eigenvalue weighted by atomic mass is 35.5. The first-order valence-electron chi connectivity index (χ1n) is 7.60.